The summed E-state index contributed by atoms with van der Waals surface area (Å²) < 4.78 is 33.7. The molecule has 0 spiro atoms. The van der Waals surface area contributed by atoms with Crippen molar-refractivity contribution in [3.05, 3.63) is 50.6 Å². The Morgan fingerprint density at radius 2 is 1.38 bits per heavy atom. The largest absolute Gasteiger partial charge is 0.497 e. The van der Waals surface area contributed by atoms with Crippen LogP contribution >= 0.6 is 12.2 Å². The molecule has 5 atom stereocenters. The Morgan fingerprint density at radius 3 is 1.88 bits per heavy atom. The smallest absolute Gasteiger partial charge is 0.303 e. The van der Waals surface area contributed by atoms with Crippen molar-refractivity contribution >= 4 is 60.1 Å². The minimum absolute atomic E-state index is 0.375. The zero-order valence-electron chi connectivity index (χ0n) is 27.1. The fourth-order valence-corrected chi connectivity index (χ4v) is 5.05. The van der Waals surface area contributed by atoms with Crippen LogP contribution in [0.25, 0.3) is 12.2 Å². The van der Waals surface area contributed by atoms with E-state index in [1.165, 1.54) is 19.3 Å². The van der Waals surface area contributed by atoms with E-state index in [1.807, 2.05) is 0 Å². The lowest BCUT2D eigenvalue weighted by atomic mass is 9.97. The summed E-state index contributed by atoms with van der Waals surface area (Å²) in [5, 5.41) is 4.81. The van der Waals surface area contributed by atoms with Crippen LogP contribution in [0.2, 0.25) is 0 Å². The molecule has 0 saturated carbocycles. The number of hydrogen-bond acceptors (Lipinski definition) is 15. The molecule has 17 nitrogen and oxygen atoms in total. The zero-order valence-corrected chi connectivity index (χ0v) is 27.9. The van der Waals surface area contributed by atoms with Gasteiger partial charge in [-0.1, -0.05) is 18.2 Å². The lowest BCUT2D eigenvalue weighted by Crippen LogP contribution is -2.61. The molecule has 1 aromatic heterocycles. The van der Waals surface area contributed by atoms with Crippen LogP contribution in [0.5, 0.6) is 5.75 Å². The normalized spacial score (nSPS) is 20.4. The van der Waals surface area contributed by atoms with E-state index < -0.39 is 83.3 Å². The van der Waals surface area contributed by atoms with Crippen LogP contribution in [0.15, 0.2) is 29.1 Å². The van der Waals surface area contributed by atoms with Gasteiger partial charge in [0, 0.05) is 41.5 Å². The van der Waals surface area contributed by atoms with Gasteiger partial charge in [-0.05, 0) is 36.0 Å². The second kappa shape index (κ2) is 16.1. The van der Waals surface area contributed by atoms with E-state index in [0.29, 0.717) is 21.0 Å². The average molecular weight is 691 g/mol. The Hall–Kier alpha value is -5.23. The van der Waals surface area contributed by atoms with Gasteiger partial charge in [-0.3, -0.25) is 33.6 Å². The van der Waals surface area contributed by atoms with E-state index in [-0.39, 0.29) is 5.69 Å². The molecule has 0 bridgehead atoms. The minimum Gasteiger partial charge on any atom is -0.497 e. The predicted molar refractivity (Wildman–Crippen MR) is 166 cm³/mol. The Kier molecular flexibility index (Phi) is 12.4. The number of amides is 2. The Balaban J connectivity index is 2.37. The highest BCUT2D eigenvalue weighted by molar-refractivity contribution is 7.71. The fraction of sp³-hybridized carbons (Fsp3) is 0.433. The van der Waals surface area contributed by atoms with Gasteiger partial charge in [0.1, 0.15) is 18.5 Å². The standard InChI is InChI=1S/C30H34N4O13S/c1-15(35)33(16(2)36)34-28(41)23(13-10-21-8-11-22(42-7)12-9-21)31-32(30(34)48)29-27(46-20(6)40)26(45-19(5)39)25(44-18(4)38)24(47-29)14-43-17(3)37/h8-13,24-27,29H,14H2,1-7H3/b13-10+/t24-,25-,26+,27-,29-/m1/s1. The maximum Gasteiger partial charge on any atom is 0.303 e. The number of methoxy groups -OCH3 is 1. The van der Waals surface area contributed by atoms with Gasteiger partial charge in [-0.15, -0.1) is 0 Å². The number of benzene rings is 1. The van der Waals surface area contributed by atoms with Crippen molar-refractivity contribution in [1.29, 1.82) is 0 Å². The van der Waals surface area contributed by atoms with Gasteiger partial charge < -0.3 is 28.4 Å². The van der Waals surface area contributed by atoms with Gasteiger partial charge in [-0.25, -0.2) is 4.68 Å². The van der Waals surface area contributed by atoms with E-state index in [4.69, 9.17) is 40.6 Å². The number of rotatable bonds is 10. The maximum atomic E-state index is 13.8. The van der Waals surface area contributed by atoms with E-state index >= 15 is 0 Å². The van der Waals surface area contributed by atoms with Crippen LogP contribution in [0.4, 0.5) is 0 Å². The SMILES string of the molecule is COc1ccc(/C=C/c2nn([C@@H]3O[C@H](COC(C)=O)[C@@H](OC(C)=O)[C@H](OC(C)=O)[C@H]3OC(C)=O)c(=S)n(N(C(C)=O)C(C)=O)c2=O)cc1. The third kappa shape index (κ3) is 8.97. The first-order valence-electron chi connectivity index (χ1n) is 14.3. The summed E-state index contributed by atoms with van der Waals surface area (Å²) in [6.07, 6.45) is -5.08. The number of carbonyl (C=O) groups is 6. The molecule has 0 aliphatic carbocycles. The van der Waals surface area contributed by atoms with E-state index in [0.717, 1.165) is 46.2 Å². The highest BCUT2D eigenvalue weighted by Crippen LogP contribution is 2.34. The van der Waals surface area contributed by atoms with Crippen molar-refractivity contribution in [3.8, 4) is 5.75 Å². The molecule has 1 aliphatic heterocycles. The fourth-order valence-electron chi connectivity index (χ4n) is 4.74. The van der Waals surface area contributed by atoms with E-state index in [2.05, 4.69) is 5.10 Å². The van der Waals surface area contributed by atoms with Gasteiger partial charge in [0.2, 0.25) is 16.6 Å². The number of hydrogen-bond donors (Lipinski definition) is 0. The third-order valence-electron chi connectivity index (χ3n) is 6.56. The van der Waals surface area contributed by atoms with Crippen molar-refractivity contribution in [2.75, 3.05) is 18.7 Å². The second-order valence-electron chi connectivity index (χ2n) is 10.3. The molecule has 1 aliphatic rings. The van der Waals surface area contributed by atoms with Crippen LogP contribution < -0.4 is 15.3 Å². The minimum atomic E-state index is -1.70. The summed E-state index contributed by atoms with van der Waals surface area (Å²) in [6, 6.07) is 6.70. The Bertz CT molecular complexity index is 1720. The quantitative estimate of drug-likeness (QED) is 0.196. The first-order valence-corrected chi connectivity index (χ1v) is 14.7. The van der Waals surface area contributed by atoms with Crippen molar-refractivity contribution in [1.82, 2.24) is 14.5 Å². The Morgan fingerprint density at radius 1 is 0.833 bits per heavy atom. The van der Waals surface area contributed by atoms with Crippen LogP contribution in [-0.4, -0.2) is 88.3 Å². The molecule has 0 unspecified atom stereocenters. The maximum absolute atomic E-state index is 13.8. The molecule has 2 aromatic rings. The van der Waals surface area contributed by atoms with Gasteiger partial charge >= 0.3 is 23.9 Å². The molecule has 18 heteroatoms. The summed E-state index contributed by atoms with van der Waals surface area (Å²) >= 11 is 5.56. The van der Waals surface area contributed by atoms with Crippen LogP contribution in [0.1, 0.15) is 59.0 Å². The lowest BCUT2D eigenvalue weighted by molar-refractivity contribution is -0.271. The molecule has 1 fully saturated rings. The lowest BCUT2D eigenvalue weighted by Gasteiger charge is -2.44. The monoisotopic (exact) mass is 690 g/mol. The van der Waals surface area contributed by atoms with E-state index in [9.17, 15) is 33.6 Å². The summed E-state index contributed by atoms with van der Waals surface area (Å²) in [5.41, 5.74) is -0.767. The van der Waals surface area contributed by atoms with Gasteiger partial charge in [0.25, 0.3) is 5.56 Å². The number of imide groups is 1. The molecule has 2 amide bonds. The molecular formula is C30H34N4O13S. The van der Waals surface area contributed by atoms with Crippen molar-refractivity contribution < 1.29 is 57.2 Å². The summed E-state index contributed by atoms with van der Waals surface area (Å²) in [7, 11) is 1.50. The molecule has 2 heterocycles. The number of carbonyl (C=O) groups excluding carboxylic acids is 6. The van der Waals surface area contributed by atoms with Crippen LogP contribution in [0, 0.1) is 4.77 Å². The van der Waals surface area contributed by atoms with E-state index in [1.54, 1.807) is 24.3 Å². The predicted octanol–water partition coefficient (Wildman–Crippen LogP) is 1.24. The molecule has 48 heavy (non-hydrogen) atoms. The Labute approximate surface area is 278 Å². The number of aromatic nitrogens is 3. The van der Waals surface area contributed by atoms with Crippen molar-refractivity contribution in [2.45, 2.75) is 72.2 Å². The third-order valence-corrected chi connectivity index (χ3v) is 6.92. The van der Waals surface area contributed by atoms with Gasteiger partial charge in [-0.2, -0.15) is 14.8 Å². The van der Waals surface area contributed by atoms with Crippen LogP contribution in [-0.2, 0) is 52.5 Å². The number of esters is 4. The van der Waals surface area contributed by atoms with Crippen LogP contribution in [0.3, 0.4) is 0 Å². The van der Waals surface area contributed by atoms with Gasteiger partial charge in [0.15, 0.2) is 30.2 Å². The number of nitrogens with zero attached hydrogens (tertiary/aromatic N) is 4. The topological polar surface area (TPSA) is 201 Å². The molecular weight excluding hydrogens is 656 g/mol. The summed E-state index contributed by atoms with van der Waals surface area (Å²) in [5.74, 6) is -4.58. The summed E-state index contributed by atoms with van der Waals surface area (Å²) in [4.78, 5) is 87.6. The van der Waals surface area contributed by atoms with Crippen molar-refractivity contribution in [2.24, 2.45) is 0 Å². The first kappa shape index (κ1) is 37.2. The zero-order chi connectivity index (χ0) is 35.9. The molecule has 3 rings (SSSR count). The first-order chi connectivity index (χ1) is 22.5. The van der Waals surface area contributed by atoms with Gasteiger partial charge in [0.05, 0.1) is 7.11 Å². The number of ether oxygens (including phenoxy) is 6. The molecule has 0 N–H and O–H groups in total. The highest BCUT2D eigenvalue weighted by atomic mass is 32.1. The molecule has 258 valence electrons. The molecule has 1 saturated heterocycles. The average Bonchev–Trinajstić information content (AvgIpc) is 2.99. The van der Waals surface area contributed by atoms with Crippen molar-refractivity contribution in [3.63, 3.8) is 0 Å². The highest BCUT2D eigenvalue weighted by Gasteiger charge is 2.53. The molecule has 1 aromatic carbocycles. The molecule has 0 radical (unpaired) electrons. The summed E-state index contributed by atoms with van der Waals surface area (Å²) in [6.45, 7) is 5.75. The second-order valence-corrected chi connectivity index (χ2v) is 10.6.